The Morgan fingerprint density at radius 1 is 1.40 bits per heavy atom. The number of hydrogen-bond donors (Lipinski definition) is 1. The molecule has 0 fully saturated rings. The Bertz CT molecular complexity index is 790. The second kappa shape index (κ2) is 7.94. The second-order valence-corrected chi connectivity index (χ2v) is 6.48. The van der Waals surface area contributed by atoms with E-state index in [1.807, 2.05) is 17.5 Å². The molecular formula is C18H17FN2O3S. The molecule has 1 aliphatic heterocycles. The van der Waals surface area contributed by atoms with E-state index in [0.29, 0.717) is 24.4 Å². The van der Waals surface area contributed by atoms with Crippen LogP contribution >= 0.6 is 11.3 Å². The summed E-state index contributed by atoms with van der Waals surface area (Å²) in [5.74, 6) is -0.276. The maximum absolute atomic E-state index is 13.4. The van der Waals surface area contributed by atoms with Gasteiger partial charge in [0.1, 0.15) is 11.6 Å². The lowest BCUT2D eigenvalue weighted by Crippen LogP contribution is -2.38. The van der Waals surface area contributed by atoms with E-state index in [1.165, 1.54) is 24.3 Å². The third-order valence-corrected chi connectivity index (χ3v) is 4.55. The number of amides is 2. The van der Waals surface area contributed by atoms with Crippen molar-refractivity contribution in [3.8, 4) is 5.75 Å². The molecule has 3 rings (SSSR count). The van der Waals surface area contributed by atoms with Gasteiger partial charge in [-0.1, -0.05) is 6.07 Å². The van der Waals surface area contributed by atoms with Crippen LogP contribution in [0.15, 0.2) is 41.8 Å². The van der Waals surface area contributed by atoms with E-state index in [-0.39, 0.29) is 30.8 Å². The minimum atomic E-state index is -0.372. The van der Waals surface area contributed by atoms with Crippen molar-refractivity contribution in [2.45, 2.75) is 6.54 Å². The molecule has 0 radical (unpaired) electrons. The number of carbonyl (C=O) groups excluding carboxylic acids is 2. The average Bonchev–Trinajstić information content (AvgIpc) is 3.06. The number of fused-ring (bicyclic) bond motifs is 1. The number of nitrogens with one attached hydrogen (secondary N) is 1. The van der Waals surface area contributed by atoms with E-state index >= 15 is 0 Å². The van der Waals surface area contributed by atoms with Gasteiger partial charge in [-0.2, -0.15) is 0 Å². The molecule has 7 heteroatoms. The largest absolute Gasteiger partial charge is 0.483 e. The molecule has 130 valence electrons. The van der Waals surface area contributed by atoms with Crippen molar-refractivity contribution < 1.29 is 18.7 Å². The molecule has 0 atom stereocenters. The molecule has 2 aromatic rings. The van der Waals surface area contributed by atoms with Gasteiger partial charge in [-0.25, -0.2) is 4.39 Å². The van der Waals surface area contributed by atoms with Crippen LogP contribution in [0.3, 0.4) is 0 Å². The third-order valence-electron chi connectivity index (χ3n) is 3.71. The highest BCUT2D eigenvalue weighted by Gasteiger charge is 2.21. The quantitative estimate of drug-likeness (QED) is 0.834. The zero-order valence-electron chi connectivity index (χ0n) is 13.4. The van der Waals surface area contributed by atoms with Gasteiger partial charge in [0, 0.05) is 36.2 Å². The van der Waals surface area contributed by atoms with Crippen molar-refractivity contribution >= 4 is 29.2 Å². The van der Waals surface area contributed by atoms with E-state index in [2.05, 4.69) is 5.32 Å². The fraction of sp³-hybridized carbons (Fsp3) is 0.222. The molecule has 0 bridgehead atoms. The average molecular weight is 360 g/mol. The van der Waals surface area contributed by atoms with Gasteiger partial charge >= 0.3 is 0 Å². The number of ether oxygens (including phenoxy) is 1. The zero-order valence-corrected chi connectivity index (χ0v) is 14.2. The lowest BCUT2D eigenvalue weighted by atomic mass is 10.2. The Hall–Kier alpha value is -2.67. The number of benzene rings is 1. The van der Waals surface area contributed by atoms with Gasteiger partial charge in [-0.05, 0) is 35.7 Å². The summed E-state index contributed by atoms with van der Waals surface area (Å²) in [6.07, 6.45) is 3.20. The molecule has 5 nitrogen and oxygen atoms in total. The Morgan fingerprint density at radius 3 is 3.08 bits per heavy atom. The van der Waals surface area contributed by atoms with Gasteiger partial charge in [0.15, 0.2) is 6.61 Å². The van der Waals surface area contributed by atoms with Crippen molar-refractivity contribution in [3.05, 3.63) is 58.0 Å². The van der Waals surface area contributed by atoms with Crippen molar-refractivity contribution in [1.29, 1.82) is 0 Å². The topological polar surface area (TPSA) is 58.6 Å². The summed E-state index contributed by atoms with van der Waals surface area (Å²) < 4.78 is 18.8. The van der Waals surface area contributed by atoms with Crippen LogP contribution in [-0.4, -0.2) is 36.4 Å². The number of hydrogen-bond acceptors (Lipinski definition) is 4. The van der Waals surface area contributed by atoms with Gasteiger partial charge in [0.05, 0.1) is 0 Å². The first-order valence-corrected chi connectivity index (χ1v) is 8.68. The maximum atomic E-state index is 13.4. The normalized spacial score (nSPS) is 14.1. The molecule has 0 saturated heterocycles. The van der Waals surface area contributed by atoms with Crippen LogP contribution in [0.5, 0.6) is 5.75 Å². The fourth-order valence-electron chi connectivity index (χ4n) is 2.46. The Labute approximate surface area is 148 Å². The fourth-order valence-corrected chi connectivity index (χ4v) is 3.08. The Morgan fingerprint density at radius 2 is 2.28 bits per heavy atom. The van der Waals surface area contributed by atoms with Gasteiger partial charge in [-0.15, -0.1) is 11.3 Å². The third kappa shape index (κ3) is 4.67. The first-order chi connectivity index (χ1) is 12.1. The standard InChI is InChI=1S/C18H17FN2O3S/c19-14-3-5-16-13(10-14)11-21(18(23)12-24-16)8-7-20-17(22)6-4-15-2-1-9-25-15/h1-6,9-10H,7-8,11-12H2,(H,20,22)/b6-4+. The number of carbonyl (C=O) groups is 2. The molecule has 0 aliphatic carbocycles. The minimum Gasteiger partial charge on any atom is -0.483 e. The van der Waals surface area contributed by atoms with E-state index in [0.717, 1.165) is 4.88 Å². The summed E-state index contributed by atoms with van der Waals surface area (Å²) in [7, 11) is 0. The molecule has 2 amide bonds. The van der Waals surface area contributed by atoms with Crippen LogP contribution in [0.25, 0.3) is 6.08 Å². The van der Waals surface area contributed by atoms with Crippen LogP contribution in [0.4, 0.5) is 4.39 Å². The SMILES string of the molecule is O=C(/C=C/c1cccs1)NCCN1Cc2cc(F)ccc2OCC1=O. The van der Waals surface area contributed by atoms with E-state index in [4.69, 9.17) is 4.74 Å². The second-order valence-electron chi connectivity index (χ2n) is 5.50. The molecule has 2 heterocycles. The van der Waals surface area contributed by atoms with E-state index < -0.39 is 0 Å². The van der Waals surface area contributed by atoms with Crippen LogP contribution in [0.2, 0.25) is 0 Å². The summed E-state index contributed by atoms with van der Waals surface area (Å²) >= 11 is 1.54. The van der Waals surface area contributed by atoms with Gasteiger partial charge in [0.25, 0.3) is 5.91 Å². The Balaban J connectivity index is 1.53. The molecule has 1 aliphatic rings. The number of nitrogens with zero attached hydrogens (tertiary/aromatic N) is 1. The molecule has 1 N–H and O–H groups in total. The predicted molar refractivity (Wildman–Crippen MR) is 93.7 cm³/mol. The summed E-state index contributed by atoms with van der Waals surface area (Å²) in [4.78, 5) is 26.5. The molecule has 25 heavy (non-hydrogen) atoms. The zero-order chi connectivity index (χ0) is 17.6. The van der Waals surface area contributed by atoms with Crippen molar-refractivity contribution in [2.75, 3.05) is 19.7 Å². The summed E-state index contributed by atoms with van der Waals surface area (Å²) in [6.45, 7) is 0.804. The smallest absolute Gasteiger partial charge is 0.260 e. The van der Waals surface area contributed by atoms with Crippen LogP contribution in [0, 0.1) is 5.82 Å². The molecule has 1 aromatic heterocycles. The first kappa shape index (κ1) is 17.2. The molecular weight excluding hydrogens is 343 g/mol. The van der Waals surface area contributed by atoms with E-state index in [9.17, 15) is 14.0 Å². The van der Waals surface area contributed by atoms with Gasteiger partial charge in [0.2, 0.25) is 5.91 Å². The lowest BCUT2D eigenvalue weighted by Gasteiger charge is -2.20. The van der Waals surface area contributed by atoms with Crippen molar-refractivity contribution in [3.63, 3.8) is 0 Å². The monoisotopic (exact) mass is 360 g/mol. The molecule has 0 spiro atoms. The van der Waals surface area contributed by atoms with Gasteiger partial charge in [-0.3, -0.25) is 9.59 Å². The highest BCUT2D eigenvalue weighted by atomic mass is 32.1. The van der Waals surface area contributed by atoms with Crippen molar-refractivity contribution in [1.82, 2.24) is 10.2 Å². The molecule has 0 saturated carbocycles. The molecule has 0 unspecified atom stereocenters. The highest BCUT2D eigenvalue weighted by molar-refractivity contribution is 7.10. The first-order valence-electron chi connectivity index (χ1n) is 7.80. The highest BCUT2D eigenvalue weighted by Crippen LogP contribution is 2.24. The van der Waals surface area contributed by atoms with Crippen LogP contribution in [0.1, 0.15) is 10.4 Å². The van der Waals surface area contributed by atoms with Gasteiger partial charge < -0.3 is 15.0 Å². The van der Waals surface area contributed by atoms with Crippen molar-refractivity contribution in [2.24, 2.45) is 0 Å². The number of rotatable bonds is 5. The maximum Gasteiger partial charge on any atom is 0.260 e. The minimum absolute atomic E-state index is 0.0924. The van der Waals surface area contributed by atoms with Crippen LogP contribution in [-0.2, 0) is 16.1 Å². The van der Waals surface area contributed by atoms with Crippen LogP contribution < -0.4 is 10.1 Å². The van der Waals surface area contributed by atoms with E-state index in [1.54, 1.807) is 22.3 Å². The number of halogens is 1. The summed E-state index contributed by atoms with van der Waals surface area (Å²) in [6, 6.07) is 8.03. The lowest BCUT2D eigenvalue weighted by molar-refractivity contribution is -0.133. The summed E-state index contributed by atoms with van der Waals surface area (Å²) in [5.41, 5.74) is 0.620. The molecule has 1 aromatic carbocycles. The summed E-state index contributed by atoms with van der Waals surface area (Å²) in [5, 5.41) is 4.67. The predicted octanol–water partition coefficient (Wildman–Crippen LogP) is 2.44. The number of thiophene rings is 1. The Kier molecular flexibility index (Phi) is 5.45.